The molecule has 5 heteroatoms. The SMILES string of the molecule is Cc1onc(-c2ccc(B3OC(C)(C)C(C)(C)O3)cc2)c1C[C]1CCCC1. The van der Waals surface area contributed by atoms with Gasteiger partial charge in [0.25, 0.3) is 0 Å². The Morgan fingerprint density at radius 3 is 2.15 bits per heavy atom. The van der Waals surface area contributed by atoms with Crippen LogP contribution < -0.4 is 5.46 Å². The van der Waals surface area contributed by atoms with Crippen LogP contribution >= 0.6 is 0 Å². The Hall–Kier alpha value is -1.59. The van der Waals surface area contributed by atoms with Gasteiger partial charge in [-0.3, -0.25) is 0 Å². The van der Waals surface area contributed by atoms with E-state index in [-0.39, 0.29) is 18.3 Å². The van der Waals surface area contributed by atoms with Gasteiger partial charge in [0.15, 0.2) is 0 Å². The summed E-state index contributed by atoms with van der Waals surface area (Å²) >= 11 is 0. The van der Waals surface area contributed by atoms with E-state index in [0.29, 0.717) is 0 Å². The molecule has 0 bridgehead atoms. The van der Waals surface area contributed by atoms with Crippen LogP contribution in [0.3, 0.4) is 0 Å². The van der Waals surface area contributed by atoms with Crippen LogP contribution in [0.15, 0.2) is 28.8 Å². The summed E-state index contributed by atoms with van der Waals surface area (Å²) in [6.45, 7) is 10.3. The van der Waals surface area contributed by atoms with E-state index < -0.39 is 0 Å². The first-order valence-electron chi connectivity index (χ1n) is 10.0. The first-order chi connectivity index (χ1) is 12.8. The quantitative estimate of drug-likeness (QED) is 0.740. The van der Waals surface area contributed by atoms with Gasteiger partial charge in [0, 0.05) is 11.1 Å². The fourth-order valence-electron chi connectivity index (χ4n) is 3.91. The van der Waals surface area contributed by atoms with Gasteiger partial charge in [0.1, 0.15) is 11.5 Å². The number of nitrogens with zero attached hydrogens (tertiary/aromatic N) is 1. The minimum atomic E-state index is -0.336. The zero-order valence-electron chi connectivity index (χ0n) is 17.1. The van der Waals surface area contributed by atoms with Crippen LogP contribution in [-0.4, -0.2) is 23.5 Å². The highest BCUT2D eigenvalue weighted by Gasteiger charge is 2.51. The molecule has 27 heavy (non-hydrogen) atoms. The standard InChI is InChI=1S/C22H29BNO3/c1-15-19(14-16-8-6-7-9-16)20(24-25-15)17-10-12-18(13-11-17)23-26-21(2,3)22(4,5)27-23/h10-13H,6-9,14H2,1-5H3. The molecule has 0 amide bonds. The molecule has 0 atom stereocenters. The topological polar surface area (TPSA) is 44.5 Å². The minimum absolute atomic E-state index is 0.328. The van der Waals surface area contributed by atoms with E-state index in [4.69, 9.17) is 13.8 Å². The van der Waals surface area contributed by atoms with E-state index in [1.165, 1.54) is 31.2 Å². The lowest BCUT2D eigenvalue weighted by molar-refractivity contribution is 0.00578. The van der Waals surface area contributed by atoms with Crippen molar-refractivity contribution in [3.63, 3.8) is 0 Å². The number of hydrogen-bond donors (Lipinski definition) is 0. The maximum atomic E-state index is 6.15. The van der Waals surface area contributed by atoms with Gasteiger partial charge in [-0.1, -0.05) is 42.3 Å². The largest absolute Gasteiger partial charge is 0.494 e. The molecule has 1 saturated carbocycles. The van der Waals surface area contributed by atoms with Crippen LogP contribution in [0, 0.1) is 12.8 Å². The highest BCUT2D eigenvalue weighted by Crippen LogP contribution is 2.37. The molecule has 1 aromatic carbocycles. The normalized spacial score (nSPS) is 21.9. The molecule has 2 fully saturated rings. The van der Waals surface area contributed by atoms with Crippen molar-refractivity contribution in [2.24, 2.45) is 0 Å². The molecule has 0 N–H and O–H groups in total. The molecule has 1 aromatic heterocycles. The third-order valence-electron chi connectivity index (χ3n) is 6.43. The van der Waals surface area contributed by atoms with E-state index in [9.17, 15) is 0 Å². The number of rotatable bonds is 4. The number of aromatic nitrogens is 1. The van der Waals surface area contributed by atoms with E-state index in [1.807, 2.05) is 6.92 Å². The van der Waals surface area contributed by atoms with Crippen molar-refractivity contribution < 1.29 is 13.8 Å². The predicted octanol–water partition coefficient (Wildman–Crippen LogP) is 4.64. The van der Waals surface area contributed by atoms with Crippen LogP contribution in [0.2, 0.25) is 0 Å². The van der Waals surface area contributed by atoms with E-state index in [0.717, 1.165) is 28.9 Å². The van der Waals surface area contributed by atoms with Crippen molar-refractivity contribution in [3.05, 3.63) is 41.5 Å². The molecule has 0 spiro atoms. The van der Waals surface area contributed by atoms with Gasteiger partial charge in [-0.2, -0.15) is 0 Å². The van der Waals surface area contributed by atoms with Gasteiger partial charge >= 0.3 is 7.12 Å². The van der Waals surface area contributed by atoms with Gasteiger partial charge in [-0.25, -0.2) is 0 Å². The molecule has 2 aliphatic rings. The second-order valence-electron chi connectivity index (χ2n) is 8.91. The smallest absolute Gasteiger partial charge is 0.399 e. The molecule has 4 nitrogen and oxygen atoms in total. The lowest BCUT2D eigenvalue weighted by Gasteiger charge is -2.32. The van der Waals surface area contributed by atoms with Crippen molar-refractivity contribution in [2.45, 2.75) is 77.9 Å². The molecule has 1 aliphatic carbocycles. The maximum absolute atomic E-state index is 6.15. The van der Waals surface area contributed by atoms with Crippen LogP contribution in [-0.2, 0) is 15.7 Å². The summed E-state index contributed by atoms with van der Waals surface area (Å²) in [5.41, 5.74) is 3.66. The highest BCUT2D eigenvalue weighted by atomic mass is 16.7. The van der Waals surface area contributed by atoms with Crippen LogP contribution in [0.25, 0.3) is 11.3 Å². The lowest BCUT2D eigenvalue weighted by Crippen LogP contribution is -2.41. The van der Waals surface area contributed by atoms with Gasteiger partial charge < -0.3 is 13.8 Å². The molecule has 1 saturated heterocycles. The second-order valence-corrected chi connectivity index (χ2v) is 8.91. The van der Waals surface area contributed by atoms with Gasteiger partial charge in [0.05, 0.1) is 11.2 Å². The summed E-state index contributed by atoms with van der Waals surface area (Å²) in [5, 5.41) is 4.35. The van der Waals surface area contributed by atoms with Crippen molar-refractivity contribution in [3.8, 4) is 11.3 Å². The summed E-state index contributed by atoms with van der Waals surface area (Å²) in [6, 6.07) is 8.35. The lowest BCUT2D eigenvalue weighted by atomic mass is 9.78. The predicted molar refractivity (Wildman–Crippen MR) is 108 cm³/mol. The second kappa shape index (κ2) is 6.79. The Kier molecular flexibility index (Phi) is 4.72. The number of hydrogen-bond acceptors (Lipinski definition) is 4. The first kappa shape index (κ1) is 18.8. The summed E-state index contributed by atoms with van der Waals surface area (Å²) in [4.78, 5) is 0. The average molecular weight is 366 g/mol. The van der Waals surface area contributed by atoms with Gasteiger partial charge in [-0.05, 0) is 65.3 Å². The Balaban J connectivity index is 1.55. The van der Waals surface area contributed by atoms with Crippen molar-refractivity contribution in [1.82, 2.24) is 5.16 Å². The number of benzene rings is 1. The van der Waals surface area contributed by atoms with Crippen LogP contribution in [0.1, 0.15) is 64.7 Å². The van der Waals surface area contributed by atoms with Gasteiger partial charge in [-0.15, -0.1) is 0 Å². The third kappa shape index (κ3) is 3.47. The average Bonchev–Trinajstić information content (AvgIpc) is 3.29. The van der Waals surface area contributed by atoms with Crippen molar-refractivity contribution in [1.29, 1.82) is 0 Å². The number of aryl methyl sites for hydroxylation is 1. The molecular weight excluding hydrogens is 337 g/mol. The molecule has 0 unspecified atom stereocenters. The first-order valence-corrected chi connectivity index (χ1v) is 10.0. The minimum Gasteiger partial charge on any atom is -0.399 e. The summed E-state index contributed by atoms with van der Waals surface area (Å²) in [6.07, 6.45) is 6.11. The van der Waals surface area contributed by atoms with E-state index >= 15 is 0 Å². The molecule has 1 aliphatic heterocycles. The Morgan fingerprint density at radius 2 is 1.56 bits per heavy atom. The molecule has 2 heterocycles. The maximum Gasteiger partial charge on any atom is 0.494 e. The van der Waals surface area contributed by atoms with E-state index in [1.54, 1.807) is 5.92 Å². The third-order valence-corrected chi connectivity index (χ3v) is 6.43. The van der Waals surface area contributed by atoms with E-state index in [2.05, 4.69) is 57.1 Å². The molecular formula is C22H29BNO3. The molecule has 2 aromatic rings. The Labute approximate surface area is 162 Å². The van der Waals surface area contributed by atoms with Crippen molar-refractivity contribution >= 4 is 12.6 Å². The summed E-state index contributed by atoms with van der Waals surface area (Å²) in [5.74, 6) is 2.55. The Morgan fingerprint density at radius 1 is 0.963 bits per heavy atom. The Bertz CT molecular complexity index is 787. The van der Waals surface area contributed by atoms with Crippen molar-refractivity contribution in [2.75, 3.05) is 0 Å². The summed E-state index contributed by atoms with van der Waals surface area (Å²) < 4.78 is 17.8. The summed E-state index contributed by atoms with van der Waals surface area (Å²) in [7, 11) is -0.336. The monoisotopic (exact) mass is 366 g/mol. The zero-order chi connectivity index (χ0) is 19.2. The molecule has 1 radical (unpaired) electrons. The molecule has 4 rings (SSSR count). The van der Waals surface area contributed by atoms with Crippen LogP contribution in [0.5, 0.6) is 0 Å². The fraction of sp³-hybridized carbons (Fsp3) is 0.545. The molecule has 143 valence electrons. The zero-order valence-corrected chi connectivity index (χ0v) is 17.1. The highest BCUT2D eigenvalue weighted by molar-refractivity contribution is 6.62. The fourth-order valence-corrected chi connectivity index (χ4v) is 3.91. The van der Waals surface area contributed by atoms with Gasteiger partial charge in [0.2, 0.25) is 0 Å². The van der Waals surface area contributed by atoms with Crippen LogP contribution in [0.4, 0.5) is 0 Å².